The Hall–Kier alpha value is -3.95. The lowest BCUT2D eigenvalue weighted by atomic mass is 9.85. The molecule has 190 valence electrons. The molecule has 3 atom stereocenters. The lowest BCUT2D eigenvalue weighted by Gasteiger charge is -2.32. The number of benzene rings is 3. The van der Waals surface area contributed by atoms with Crippen LogP contribution in [0.5, 0.6) is 23.0 Å². The van der Waals surface area contributed by atoms with Crippen LogP contribution in [0.2, 0.25) is 0 Å². The number of nitriles is 1. The van der Waals surface area contributed by atoms with Gasteiger partial charge in [-0.3, -0.25) is 4.90 Å². The van der Waals surface area contributed by atoms with Gasteiger partial charge in [-0.25, -0.2) is 0 Å². The molecule has 0 bridgehead atoms. The summed E-state index contributed by atoms with van der Waals surface area (Å²) in [6.45, 7) is 9.32. The first-order valence-electron chi connectivity index (χ1n) is 12.7. The van der Waals surface area contributed by atoms with Gasteiger partial charge in [0.15, 0.2) is 0 Å². The van der Waals surface area contributed by atoms with Crippen molar-refractivity contribution in [1.82, 2.24) is 4.90 Å². The van der Waals surface area contributed by atoms with Crippen LogP contribution in [0.3, 0.4) is 0 Å². The number of likely N-dealkylation sites (tertiary alicyclic amines) is 1. The first kappa shape index (κ1) is 24.7. The summed E-state index contributed by atoms with van der Waals surface area (Å²) < 4.78 is 12.6. The van der Waals surface area contributed by atoms with Crippen molar-refractivity contribution in [2.75, 3.05) is 19.7 Å². The number of hydrogen-bond acceptors (Lipinski definition) is 6. The maximum absolute atomic E-state index is 10.2. The van der Waals surface area contributed by atoms with Gasteiger partial charge in [0.1, 0.15) is 41.8 Å². The van der Waals surface area contributed by atoms with Gasteiger partial charge in [0.25, 0.3) is 0 Å². The SMILES string of the molecule is CC1=C(c2cccc(O)c2)C(c2ccc(OC[C@H](C)N3CC[C@@H](C)C3)cc2)Oc2c(C#N)cc(O)cc21. The largest absolute Gasteiger partial charge is 0.508 e. The number of hydrogen-bond donors (Lipinski definition) is 2. The zero-order valence-electron chi connectivity index (χ0n) is 21.4. The molecule has 2 aliphatic rings. The summed E-state index contributed by atoms with van der Waals surface area (Å²) in [5.41, 5.74) is 4.38. The molecule has 1 saturated heterocycles. The highest BCUT2D eigenvalue weighted by Crippen LogP contribution is 2.49. The van der Waals surface area contributed by atoms with Gasteiger partial charge < -0.3 is 19.7 Å². The fourth-order valence-electron chi connectivity index (χ4n) is 5.33. The molecule has 1 fully saturated rings. The number of ether oxygens (including phenoxy) is 2. The van der Waals surface area contributed by atoms with E-state index in [4.69, 9.17) is 9.47 Å². The Morgan fingerprint density at radius 1 is 1.11 bits per heavy atom. The van der Waals surface area contributed by atoms with Crippen molar-refractivity contribution in [1.29, 1.82) is 5.26 Å². The minimum atomic E-state index is -0.509. The van der Waals surface area contributed by atoms with Crippen molar-refractivity contribution in [3.63, 3.8) is 0 Å². The summed E-state index contributed by atoms with van der Waals surface area (Å²) in [5, 5.41) is 30.1. The fraction of sp³-hybridized carbons (Fsp3) is 0.323. The Labute approximate surface area is 218 Å². The van der Waals surface area contributed by atoms with Crippen molar-refractivity contribution < 1.29 is 19.7 Å². The van der Waals surface area contributed by atoms with Crippen molar-refractivity contribution in [2.45, 2.75) is 39.3 Å². The van der Waals surface area contributed by atoms with Crippen LogP contribution in [-0.4, -0.2) is 40.9 Å². The predicted molar refractivity (Wildman–Crippen MR) is 144 cm³/mol. The van der Waals surface area contributed by atoms with Crippen molar-refractivity contribution in [3.8, 4) is 29.1 Å². The number of fused-ring (bicyclic) bond motifs is 1. The molecule has 6 heteroatoms. The van der Waals surface area contributed by atoms with Gasteiger partial charge in [0, 0.05) is 29.8 Å². The van der Waals surface area contributed by atoms with Crippen LogP contribution < -0.4 is 9.47 Å². The summed E-state index contributed by atoms with van der Waals surface area (Å²) >= 11 is 0. The summed E-state index contributed by atoms with van der Waals surface area (Å²) in [6, 6.07) is 20.4. The van der Waals surface area contributed by atoms with E-state index in [0.717, 1.165) is 47.0 Å². The van der Waals surface area contributed by atoms with Crippen molar-refractivity contribution >= 4 is 11.1 Å². The van der Waals surface area contributed by atoms with E-state index in [9.17, 15) is 15.5 Å². The number of phenols is 2. The second-order valence-corrected chi connectivity index (χ2v) is 10.2. The maximum atomic E-state index is 10.2. The Kier molecular flexibility index (Phi) is 6.82. The third-order valence-electron chi connectivity index (χ3n) is 7.41. The van der Waals surface area contributed by atoms with Gasteiger partial charge in [-0.05, 0) is 79.8 Å². The topological polar surface area (TPSA) is 86.0 Å². The van der Waals surface area contributed by atoms with Crippen LogP contribution >= 0.6 is 0 Å². The van der Waals surface area contributed by atoms with Crippen molar-refractivity contribution in [3.05, 3.63) is 82.9 Å². The number of allylic oxidation sites excluding steroid dienone is 1. The third-order valence-corrected chi connectivity index (χ3v) is 7.41. The zero-order valence-corrected chi connectivity index (χ0v) is 21.4. The van der Waals surface area contributed by atoms with Crippen LogP contribution in [0.1, 0.15) is 55.5 Å². The molecule has 0 radical (unpaired) electrons. The summed E-state index contributed by atoms with van der Waals surface area (Å²) in [6.07, 6.45) is 0.732. The molecule has 3 aromatic rings. The van der Waals surface area contributed by atoms with Crippen molar-refractivity contribution in [2.24, 2.45) is 5.92 Å². The molecule has 0 amide bonds. The summed E-state index contributed by atoms with van der Waals surface area (Å²) in [4.78, 5) is 2.48. The molecular formula is C31H32N2O4. The predicted octanol–water partition coefficient (Wildman–Crippen LogP) is 6.14. The highest BCUT2D eigenvalue weighted by molar-refractivity contribution is 5.96. The van der Waals surface area contributed by atoms with E-state index in [1.54, 1.807) is 24.3 Å². The molecule has 2 aliphatic heterocycles. The Morgan fingerprint density at radius 2 is 1.89 bits per heavy atom. The molecule has 5 rings (SSSR count). The molecule has 1 unspecified atom stereocenters. The van der Waals surface area contributed by atoms with Gasteiger partial charge in [-0.15, -0.1) is 0 Å². The van der Waals surface area contributed by atoms with Crippen LogP contribution in [-0.2, 0) is 0 Å². The molecule has 0 aromatic heterocycles. The van der Waals surface area contributed by atoms with Gasteiger partial charge >= 0.3 is 0 Å². The molecule has 3 aromatic carbocycles. The number of rotatable bonds is 6. The molecule has 6 nitrogen and oxygen atoms in total. The minimum absolute atomic E-state index is 0.00563. The smallest absolute Gasteiger partial charge is 0.150 e. The van der Waals surface area contributed by atoms with Crippen LogP contribution in [0.15, 0.2) is 60.7 Å². The van der Waals surface area contributed by atoms with E-state index < -0.39 is 6.10 Å². The van der Waals surface area contributed by atoms with Crippen LogP contribution in [0.25, 0.3) is 11.1 Å². The molecule has 0 aliphatic carbocycles. The molecule has 2 N–H and O–H groups in total. The maximum Gasteiger partial charge on any atom is 0.150 e. The number of phenolic OH excluding ortho intramolecular Hbond substituents is 2. The number of aromatic hydroxyl groups is 2. The lowest BCUT2D eigenvalue weighted by molar-refractivity contribution is 0.169. The van der Waals surface area contributed by atoms with Gasteiger partial charge in [-0.2, -0.15) is 5.26 Å². The molecule has 37 heavy (non-hydrogen) atoms. The zero-order chi connectivity index (χ0) is 26.1. The van der Waals surface area contributed by atoms with Gasteiger partial charge in [0.05, 0.1) is 5.56 Å². The minimum Gasteiger partial charge on any atom is -0.508 e. The van der Waals surface area contributed by atoms with Gasteiger partial charge in [-0.1, -0.05) is 31.2 Å². The number of nitrogens with zero attached hydrogens (tertiary/aromatic N) is 2. The standard InChI is InChI=1S/C31H32N2O4/c1-19-11-12-33(17-19)20(2)18-36-27-9-7-22(8-10-27)31-29(23-5-4-6-25(34)13-23)21(3)28-15-26(35)14-24(16-32)30(28)37-31/h4-10,13-15,19-20,31,34-35H,11-12,17-18H2,1-3H3/t19-,20+,31?/m1/s1. The fourth-order valence-corrected chi connectivity index (χ4v) is 5.33. The van der Waals surface area contributed by atoms with E-state index in [1.807, 2.05) is 37.3 Å². The first-order chi connectivity index (χ1) is 17.8. The summed E-state index contributed by atoms with van der Waals surface area (Å²) in [5.74, 6) is 2.14. The highest BCUT2D eigenvalue weighted by atomic mass is 16.5. The second-order valence-electron chi connectivity index (χ2n) is 10.2. The Morgan fingerprint density at radius 3 is 2.57 bits per heavy atom. The monoisotopic (exact) mass is 496 g/mol. The molecule has 0 saturated carbocycles. The Balaban J connectivity index is 1.46. The first-order valence-corrected chi connectivity index (χ1v) is 12.7. The molecule has 0 spiro atoms. The third kappa shape index (κ3) is 5.00. The van der Waals surface area contributed by atoms with E-state index >= 15 is 0 Å². The van der Waals surface area contributed by atoms with Gasteiger partial charge in [0.2, 0.25) is 0 Å². The normalized spacial score (nSPS) is 20.2. The van der Waals surface area contributed by atoms with Crippen LogP contribution in [0.4, 0.5) is 0 Å². The highest BCUT2D eigenvalue weighted by Gasteiger charge is 2.31. The molecule has 2 heterocycles. The average Bonchev–Trinajstić information content (AvgIpc) is 3.33. The van der Waals surface area contributed by atoms with E-state index in [0.29, 0.717) is 24.0 Å². The van der Waals surface area contributed by atoms with E-state index in [-0.39, 0.29) is 17.1 Å². The molecular weight excluding hydrogens is 464 g/mol. The quantitative estimate of drug-likeness (QED) is 0.426. The lowest BCUT2D eigenvalue weighted by Crippen LogP contribution is -2.35. The Bertz CT molecular complexity index is 1370. The second kappa shape index (κ2) is 10.2. The van der Waals surface area contributed by atoms with Crippen LogP contribution in [0, 0.1) is 17.2 Å². The average molecular weight is 497 g/mol. The van der Waals surface area contributed by atoms with E-state index in [2.05, 4.69) is 24.8 Å². The summed E-state index contributed by atoms with van der Waals surface area (Å²) in [7, 11) is 0. The van der Waals surface area contributed by atoms with E-state index in [1.165, 1.54) is 12.5 Å².